The number of sulfonamides is 1. The van der Waals surface area contributed by atoms with Crippen LogP contribution in [0.25, 0.3) is 0 Å². The lowest BCUT2D eigenvalue weighted by atomic mass is 10.1. The van der Waals surface area contributed by atoms with Crippen LogP contribution in [-0.2, 0) is 16.6 Å². The lowest BCUT2D eigenvalue weighted by Crippen LogP contribution is -2.48. The summed E-state index contributed by atoms with van der Waals surface area (Å²) in [7, 11) is -3.57. The molecule has 1 aliphatic heterocycles. The molecule has 0 aromatic heterocycles. The molecular formula is C18H18ClN3O2S. The van der Waals surface area contributed by atoms with E-state index < -0.39 is 10.0 Å². The van der Waals surface area contributed by atoms with Crippen LogP contribution < -0.4 is 0 Å². The Morgan fingerprint density at radius 1 is 1.04 bits per heavy atom. The molecule has 0 radical (unpaired) electrons. The van der Waals surface area contributed by atoms with Gasteiger partial charge in [-0.1, -0.05) is 35.9 Å². The Morgan fingerprint density at radius 3 is 2.44 bits per heavy atom. The van der Waals surface area contributed by atoms with Gasteiger partial charge in [-0.3, -0.25) is 4.90 Å². The maximum absolute atomic E-state index is 12.7. The van der Waals surface area contributed by atoms with Crippen LogP contribution in [-0.4, -0.2) is 43.8 Å². The van der Waals surface area contributed by atoms with Gasteiger partial charge in [0.25, 0.3) is 0 Å². The second kappa shape index (κ2) is 7.54. The van der Waals surface area contributed by atoms with Crippen molar-refractivity contribution in [2.24, 2.45) is 0 Å². The molecule has 1 aliphatic rings. The molecule has 1 heterocycles. The predicted molar refractivity (Wildman–Crippen MR) is 96.6 cm³/mol. The summed E-state index contributed by atoms with van der Waals surface area (Å²) >= 11 is 6.05. The second-order valence-corrected chi connectivity index (χ2v) is 8.24. The average molecular weight is 376 g/mol. The molecule has 0 N–H and O–H groups in total. The van der Waals surface area contributed by atoms with E-state index in [2.05, 4.69) is 11.0 Å². The van der Waals surface area contributed by atoms with Crippen LogP contribution in [0.5, 0.6) is 0 Å². The quantitative estimate of drug-likeness (QED) is 0.824. The third-order valence-electron chi connectivity index (χ3n) is 4.25. The Balaban J connectivity index is 1.66. The normalized spacial score (nSPS) is 16.5. The van der Waals surface area contributed by atoms with E-state index in [4.69, 9.17) is 16.9 Å². The lowest BCUT2D eigenvalue weighted by Gasteiger charge is -2.34. The van der Waals surface area contributed by atoms with Gasteiger partial charge < -0.3 is 0 Å². The van der Waals surface area contributed by atoms with Crippen molar-refractivity contribution in [3.63, 3.8) is 0 Å². The maximum atomic E-state index is 12.7. The van der Waals surface area contributed by atoms with Gasteiger partial charge in [0.2, 0.25) is 10.0 Å². The number of nitrogens with zero attached hydrogens (tertiary/aromatic N) is 3. The lowest BCUT2D eigenvalue weighted by molar-refractivity contribution is 0.181. The SMILES string of the molecule is N#Cc1cccc(CN2CCN(S(=O)(=O)c3ccccc3Cl)CC2)c1. The number of benzene rings is 2. The summed E-state index contributed by atoms with van der Waals surface area (Å²) in [4.78, 5) is 2.35. The summed E-state index contributed by atoms with van der Waals surface area (Å²) in [6, 6.07) is 16.2. The van der Waals surface area contributed by atoms with Gasteiger partial charge >= 0.3 is 0 Å². The first-order valence-corrected chi connectivity index (χ1v) is 9.78. The molecule has 0 spiro atoms. The van der Waals surface area contributed by atoms with Gasteiger partial charge in [-0.2, -0.15) is 9.57 Å². The van der Waals surface area contributed by atoms with E-state index in [1.54, 1.807) is 24.3 Å². The van der Waals surface area contributed by atoms with Crippen molar-refractivity contribution in [1.82, 2.24) is 9.21 Å². The Bertz CT molecular complexity index is 901. The number of hydrogen-bond acceptors (Lipinski definition) is 4. The summed E-state index contributed by atoms with van der Waals surface area (Å²) in [5.74, 6) is 0. The largest absolute Gasteiger partial charge is 0.296 e. The summed E-state index contributed by atoms with van der Waals surface area (Å²) < 4.78 is 27.0. The fourth-order valence-corrected chi connectivity index (χ4v) is 4.83. The molecule has 0 amide bonds. The molecule has 0 bridgehead atoms. The van der Waals surface area contributed by atoms with Crippen molar-refractivity contribution in [3.05, 3.63) is 64.7 Å². The highest BCUT2D eigenvalue weighted by atomic mass is 35.5. The first-order valence-electron chi connectivity index (χ1n) is 7.97. The van der Waals surface area contributed by atoms with E-state index in [1.807, 2.05) is 18.2 Å². The van der Waals surface area contributed by atoms with E-state index in [0.717, 1.165) is 5.56 Å². The Labute approximate surface area is 153 Å². The van der Waals surface area contributed by atoms with Gasteiger partial charge in [0.05, 0.1) is 16.7 Å². The summed E-state index contributed by atoms with van der Waals surface area (Å²) in [6.45, 7) is 2.83. The average Bonchev–Trinajstić information content (AvgIpc) is 2.62. The summed E-state index contributed by atoms with van der Waals surface area (Å²) in [5, 5.41) is 9.22. The third kappa shape index (κ3) is 4.02. The van der Waals surface area contributed by atoms with Gasteiger partial charge in [-0.15, -0.1) is 0 Å². The Kier molecular flexibility index (Phi) is 5.40. The smallest absolute Gasteiger partial charge is 0.244 e. The topological polar surface area (TPSA) is 64.4 Å². The number of halogens is 1. The fraction of sp³-hybridized carbons (Fsp3) is 0.278. The number of rotatable bonds is 4. The summed E-state index contributed by atoms with van der Waals surface area (Å²) in [6.07, 6.45) is 0. The van der Waals surface area contributed by atoms with Crippen LogP contribution in [0.3, 0.4) is 0 Å². The van der Waals surface area contributed by atoms with E-state index in [-0.39, 0.29) is 9.92 Å². The van der Waals surface area contributed by atoms with Crippen molar-refractivity contribution in [1.29, 1.82) is 5.26 Å². The minimum absolute atomic E-state index is 0.159. The number of hydrogen-bond donors (Lipinski definition) is 0. The maximum Gasteiger partial charge on any atom is 0.244 e. The first-order chi connectivity index (χ1) is 12.0. The minimum Gasteiger partial charge on any atom is -0.296 e. The van der Waals surface area contributed by atoms with Crippen LogP contribution in [0.15, 0.2) is 53.4 Å². The van der Waals surface area contributed by atoms with E-state index in [9.17, 15) is 8.42 Å². The molecule has 130 valence electrons. The zero-order valence-corrected chi connectivity index (χ0v) is 15.2. The highest BCUT2D eigenvalue weighted by Crippen LogP contribution is 2.25. The molecule has 0 aliphatic carbocycles. The van der Waals surface area contributed by atoms with E-state index in [0.29, 0.717) is 38.3 Å². The standard InChI is InChI=1S/C18H18ClN3O2S/c19-17-6-1-2-7-18(17)25(23,24)22-10-8-21(9-11-22)14-16-5-3-4-15(12-16)13-20/h1-7,12H,8-11,14H2. The molecule has 25 heavy (non-hydrogen) atoms. The van der Waals surface area contributed by atoms with Crippen molar-refractivity contribution in [3.8, 4) is 6.07 Å². The monoisotopic (exact) mass is 375 g/mol. The zero-order valence-electron chi connectivity index (χ0n) is 13.6. The Hall–Kier alpha value is -1.91. The predicted octanol–water partition coefficient (Wildman–Crippen LogP) is 2.72. The highest BCUT2D eigenvalue weighted by molar-refractivity contribution is 7.89. The van der Waals surface area contributed by atoms with Crippen LogP contribution >= 0.6 is 11.6 Å². The molecular weight excluding hydrogens is 358 g/mol. The number of piperazine rings is 1. The minimum atomic E-state index is -3.57. The molecule has 0 saturated carbocycles. The van der Waals surface area contributed by atoms with Crippen molar-refractivity contribution >= 4 is 21.6 Å². The third-order valence-corrected chi connectivity index (χ3v) is 6.65. The van der Waals surface area contributed by atoms with Gasteiger partial charge in [0.1, 0.15) is 4.90 Å². The van der Waals surface area contributed by atoms with E-state index >= 15 is 0 Å². The van der Waals surface area contributed by atoms with Crippen molar-refractivity contribution in [2.75, 3.05) is 26.2 Å². The van der Waals surface area contributed by atoms with Crippen LogP contribution in [0.2, 0.25) is 5.02 Å². The molecule has 0 unspecified atom stereocenters. The summed E-state index contributed by atoms with van der Waals surface area (Å²) in [5.41, 5.74) is 1.69. The van der Waals surface area contributed by atoms with Crippen LogP contribution in [0, 0.1) is 11.3 Å². The highest BCUT2D eigenvalue weighted by Gasteiger charge is 2.29. The van der Waals surface area contributed by atoms with E-state index in [1.165, 1.54) is 10.4 Å². The van der Waals surface area contributed by atoms with Gasteiger partial charge in [0.15, 0.2) is 0 Å². The molecule has 7 heteroatoms. The van der Waals surface area contributed by atoms with Crippen molar-refractivity contribution in [2.45, 2.75) is 11.4 Å². The molecule has 5 nitrogen and oxygen atoms in total. The van der Waals surface area contributed by atoms with Gasteiger partial charge in [-0.25, -0.2) is 8.42 Å². The van der Waals surface area contributed by atoms with Crippen LogP contribution in [0.1, 0.15) is 11.1 Å². The second-order valence-electron chi connectivity index (χ2n) is 5.92. The molecule has 2 aromatic carbocycles. The zero-order chi connectivity index (χ0) is 17.9. The Morgan fingerprint density at radius 2 is 1.76 bits per heavy atom. The molecule has 1 saturated heterocycles. The molecule has 3 rings (SSSR count). The first kappa shape index (κ1) is 17.9. The van der Waals surface area contributed by atoms with Gasteiger partial charge in [0, 0.05) is 32.7 Å². The fourth-order valence-electron chi connectivity index (χ4n) is 2.92. The van der Waals surface area contributed by atoms with Gasteiger partial charge in [-0.05, 0) is 29.8 Å². The number of nitriles is 1. The van der Waals surface area contributed by atoms with Crippen LogP contribution in [0.4, 0.5) is 0 Å². The van der Waals surface area contributed by atoms with Crippen molar-refractivity contribution < 1.29 is 8.42 Å². The molecule has 2 aromatic rings. The molecule has 1 fully saturated rings. The molecule has 0 atom stereocenters.